The van der Waals surface area contributed by atoms with E-state index in [1.165, 1.54) is 0 Å². The maximum atomic E-state index is 11.9. The number of nitrogens with zero attached hydrogens (tertiary/aromatic N) is 1. The van der Waals surface area contributed by atoms with E-state index in [1.54, 1.807) is 17.0 Å². The maximum absolute atomic E-state index is 11.9. The largest absolute Gasteiger partial charge is 0.455 e. The molecule has 0 atom stereocenters. The van der Waals surface area contributed by atoms with Gasteiger partial charge in [0, 0.05) is 35.4 Å². The van der Waals surface area contributed by atoms with Crippen molar-refractivity contribution in [1.82, 2.24) is 4.90 Å². The van der Waals surface area contributed by atoms with Crippen LogP contribution in [0.2, 0.25) is 0 Å². The molecule has 1 aliphatic rings. The normalized spacial score (nSPS) is 17.7. The van der Waals surface area contributed by atoms with Crippen molar-refractivity contribution in [3.63, 3.8) is 0 Å². The number of nitrogens with two attached hydrogens (primary N) is 1. The molecule has 2 N–H and O–H groups in total. The Morgan fingerprint density at radius 1 is 1.44 bits per heavy atom. The third kappa shape index (κ3) is 2.33. The number of hydrogen-bond acceptors (Lipinski definition) is 4. The SMILES string of the molecule is NCc1ccc(C(=O)N2CCS(=O)CC2)o1. The molecule has 5 nitrogen and oxygen atoms in total. The minimum absolute atomic E-state index is 0.142. The van der Waals surface area contributed by atoms with Gasteiger partial charge in [0.2, 0.25) is 0 Å². The highest BCUT2D eigenvalue weighted by Crippen LogP contribution is 2.12. The molecule has 0 spiro atoms. The summed E-state index contributed by atoms with van der Waals surface area (Å²) < 4.78 is 16.4. The molecule has 2 rings (SSSR count). The van der Waals surface area contributed by atoms with Crippen molar-refractivity contribution < 1.29 is 13.4 Å². The predicted molar refractivity (Wildman–Crippen MR) is 60.4 cm³/mol. The van der Waals surface area contributed by atoms with Crippen LogP contribution >= 0.6 is 0 Å². The van der Waals surface area contributed by atoms with Crippen molar-refractivity contribution in [1.29, 1.82) is 0 Å². The lowest BCUT2D eigenvalue weighted by Crippen LogP contribution is -2.41. The quantitative estimate of drug-likeness (QED) is 0.788. The van der Waals surface area contributed by atoms with E-state index in [4.69, 9.17) is 10.2 Å². The Morgan fingerprint density at radius 2 is 2.12 bits per heavy atom. The van der Waals surface area contributed by atoms with E-state index in [-0.39, 0.29) is 12.5 Å². The Kier molecular flexibility index (Phi) is 3.40. The van der Waals surface area contributed by atoms with E-state index in [0.717, 1.165) is 0 Å². The van der Waals surface area contributed by atoms with Crippen LogP contribution in [0, 0.1) is 0 Å². The summed E-state index contributed by atoms with van der Waals surface area (Å²) >= 11 is 0. The van der Waals surface area contributed by atoms with Crippen LogP contribution in [0.5, 0.6) is 0 Å². The second-order valence-electron chi connectivity index (χ2n) is 3.61. The molecule has 1 amide bonds. The lowest BCUT2D eigenvalue weighted by atomic mass is 10.3. The molecule has 2 heterocycles. The maximum Gasteiger partial charge on any atom is 0.289 e. The lowest BCUT2D eigenvalue weighted by Gasteiger charge is -2.25. The second-order valence-corrected chi connectivity index (χ2v) is 5.31. The minimum Gasteiger partial charge on any atom is -0.455 e. The molecule has 0 saturated carbocycles. The van der Waals surface area contributed by atoms with Gasteiger partial charge in [0.05, 0.1) is 6.54 Å². The van der Waals surface area contributed by atoms with Crippen LogP contribution < -0.4 is 5.73 Å². The molecule has 88 valence electrons. The van der Waals surface area contributed by atoms with Crippen molar-refractivity contribution in [2.24, 2.45) is 5.73 Å². The molecule has 0 unspecified atom stereocenters. The predicted octanol–water partition coefficient (Wildman–Crippen LogP) is -0.0572. The van der Waals surface area contributed by atoms with Crippen molar-refractivity contribution in [2.45, 2.75) is 6.54 Å². The first-order valence-electron chi connectivity index (χ1n) is 5.13. The van der Waals surface area contributed by atoms with E-state index >= 15 is 0 Å². The Morgan fingerprint density at radius 3 is 2.69 bits per heavy atom. The summed E-state index contributed by atoms with van der Waals surface area (Å²) in [4.78, 5) is 13.6. The van der Waals surface area contributed by atoms with Crippen molar-refractivity contribution in [3.05, 3.63) is 23.7 Å². The minimum atomic E-state index is -0.775. The van der Waals surface area contributed by atoms with Crippen LogP contribution in [0.1, 0.15) is 16.3 Å². The number of carbonyl (C=O) groups excluding carboxylic acids is 1. The third-order valence-corrected chi connectivity index (χ3v) is 3.81. The average Bonchev–Trinajstić information content (AvgIpc) is 2.77. The van der Waals surface area contributed by atoms with Gasteiger partial charge in [-0.25, -0.2) is 0 Å². The van der Waals surface area contributed by atoms with Crippen LogP contribution in [0.3, 0.4) is 0 Å². The fourth-order valence-electron chi connectivity index (χ4n) is 1.60. The van der Waals surface area contributed by atoms with Gasteiger partial charge in [-0.3, -0.25) is 9.00 Å². The number of furan rings is 1. The van der Waals surface area contributed by atoms with Gasteiger partial charge in [-0.2, -0.15) is 0 Å². The summed E-state index contributed by atoms with van der Waals surface area (Å²) in [5.41, 5.74) is 5.40. The van der Waals surface area contributed by atoms with Crippen molar-refractivity contribution >= 4 is 16.7 Å². The van der Waals surface area contributed by atoms with Gasteiger partial charge >= 0.3 is 0 Å². The standard InChI is InChI=1S/C10H14N2O3S/c11-7-8-1-2-9(15-8)10(13)12-3-5-16(14)6-4-12/h1-2H,3-7,11H2. The van der Waals surface area contributed by atoms with Crippen LogP contribution in [0.15, 0.2) is 16.5 Å². The summed E-state index contributed by atoms with van der Waals surface area (Å²) in [5, 5.41) is 0. The van der Waals surface area contributed by atoms with Gasteiger partial charge in [-0.15, -0.1) is 0 Å². The summed E-state index contributed by atoms with van der Waals surface area (Å²) in [6.45, 7) is 1.35. The molecule has 1 fully saturated rings. The zero-order valence-electron chi connectivity index (χ0n) is 8.85. The molecular weight excluding hydrogens is 228 g/mol. The summed E-state index contributed by atoms with van der Waals surface area (Å²) in [7, 11) is -0.775. The molecule has 1 saturated heterocycles. The Hall–Kier alpha value is -1.14. The molecule has 0 aliphatic carbocycles. The molecule has 1 aliphatic heterocycles. The zero-order chi connectivity index (χ0) is 11.5. The zero-order valence-corrected chi connectivity index (χ0v) is 9.66. The first-order valence-corrected chi connectivity index (χ1v) is 6.62. The smallest absolute Gasteiger partial charge is 0.289 e. The molecule has 1 aromatic rings. The number of carbonyl (C=O) groups is 1. The highest BCUT2D eigenvalue weighted by molar-refractivity contribution is 7.85. The van der Waals surface area contributed by atoms with Gasteiger partial charge in [0.15, 0.2) is 5.76 Å². The fourth-order valence-corrected chi connectivity index (χ4v) is 2.65. The van der Waals surface area contributed by atoms with Crippen LogP contribution in [-0.4, -0.2) is 39.6 Å². The van der Waals surface area contributed by atoms with Gasteiger partial charge in [-0.05, 0) is 12.1 Å². The number of hydrogen-bond donors (Lipinski definition) is 1. The van der Waals surface area contributed by atoms with E-state index in [9.17, 15) is 9.00 Å². The van der Waals surface area contributed by atoms with E-state index in [1.807, 2.05) is 0 Å². The lowest BCUT2D eigenvalue weighted by molar-refractivity contribution is 0.0737. The Bertz CT molecular complexity index is 406. The second kappa shape index (κ2) is 4.80. The molecule has 6 heteroatoms. The van der Waals surface area contributed by atoms with Gasteiger partial charge in [0.1, 0.15) is 5.76 Å². The number of amides is 1. The van der Waals surface area contributed by atoms with Crippen molar-refractivity contribution in [2.75, 3.05) is 24.6 Å². The highest BCUT2D eigenvalue weighted by atomic mass is 32.2. The first kappa shape index (κ1) is 11.3. The van der Waals surface area contributed by atoms with Crippen LogP contribution in [-0.2, 0) is 17.3 Å². The third-order valence-electron chi connectivity index (χ3n) is 2.54. The van der Waals surface area contributed by atoms with Gasteiger partial charge in [0.25, 0.3) is 5.91 Å². The van der Waals surface area contributed by atoms with E-state index in [2.05, 4.69) is 0 Å². The van der Waals surface area contributed by atoms with Crippen molar-refractivity contribution in [3.8, 4) is 0 Å². The van der Waals surface area contributed by atoms with E-state index in [0.29, 0.717) is 36.1 Å². The Labute approximate surface area is 96.0 Å². The summed E-state index contributed by atoms with van der Waals surface area (Å²) in [6.07, 6.45) is 0. The highest BCUT2D eigenvalue weighted by Gasteiger charge is 2.23. The topological polar surface area (TPSA) is 76.5 Å². The molecular formula is C10H14N2O3S. The molecule has 0 aromatic carbocycles. The summed E-state index contributed by atoms with van der Waals surface area (Å²) in [5.74, 6) is 1.88. The van der Waals surface area contributed by atoms with Gasteiger partial charge in [-0.1, -0.05) is 0 Å². The average molecular weight is 242 g/mol. The number of rotatable bonds is 2. The van der Waals surface area contributed by atoms with E-state index < -0.39 is 10.8 Å². The molecule has 0 bridgehead atoms. The van der Waals surface area contributed by atoms with Crippen LogP contribution in [0.25, 0.3) is 0 Å². The molecule has 0 radical (unpaired) electrons. The fraction of sp³-hybridized carbons (Fsp3) is 0.500. The monoisotopic (exact) mass is 242 g/mol. The first-order chi connectivity index (χ1) is 7.70. The summed E-state index contributed by atoms with van der Waals surface area (Å²) in [6, 6.07) is 3.34. The van der Waals surface area contributed by atoms with Crippen LogP contribution in [0.4, 0.5) is 0 Å². The molecule has 16 heavy (non-hydrogen) atoms. The molecule has 1 aromatic heterocycles. The Balaban J connectivity index is 2.04. The van der Waals surface area contributed by atoms with Gasteiger partial charge < -0.3 is 15.1 Å².